The summed E-state index contributed by atoms with van der Waals surface area (Å²) in [4.78, 5) is 5.40. The molecule has 0 bridgehead atoms. The van der Waals surface area contributed by atoms with Gasteiger partial charge in [0.1, 0.15) is 0 Å². The standard InChI is InChI=1S/C61H40N2OP2Se/c64-65(48-17-4-1-5-18-48,51-30-26-41-14-10-11-16-43(41)37-51)52-32-35-57-59(40-52)63-58-39-47(29-33-55(58)60-54-23-13-12-15-42(54)28-34-56(60)61(63)62-57)44-24-25-46-38-53(31-27-45(46)36-44)66(67,49-19-6-2-7-20-49)50-21-8-3-9-22-50/h1-40H. The average molecular weight is 958 g/mol. The van der Waals surface area contributed by atoms with E-state index in [0.717, 1.165) is 70.8 Å². The van der Waals surface area contributed by atoms with E-state index in [1.165, 1.54) is 42.8 Å². The maximum atomic E-state index is 16.1. The fraction of sp³-hybridized carbons (Fsp3) is 0. The van der Waals surface area contributed by atoms with Crippen LogP contribution in [0.1, 0.15) is 0 Å². The smallest absolute Gasteiger partial charge is 0.0244 e. The van der Waals surface area contributed by atoms with Crippen molar-refractivity contribution in [2.45, 2.75) is 0 Å². The van der Waals surface area contributed by atoms with Crippen LogP contribution in [0.15, 0.2) is 243 Å². The molecule has 13 rings (SSSR count). The Balaban J connectivity index is 1.02. The van der Waals surface area contributed by atoms with Crippen LogP contribution in [0.25, 0.3) is 81.8 Å². The number of pyridine rings is 1. The summed E-state index contributed by atoms with van der Waals surface area (Å²) in [6.07, 6.45) is 0. The quantitative estimate of drug-likeness (QED) is 0.0906. The molecule has 0 aliphatic carbocycles. The van der Waals surface area contributed by atoms with Crippen molar-refractivity contribution in [3.05, 3.63) is 243 Å². The van der Waals surface area contributed by atoms with Crippen LogP contribution in [-0.4, -0.2) is 24.5 Å². The molecule has 0 saturated carbocycles. The number of hydrogen-bond donors (Lipinski definition) is 0. The molecule has 6 heteroatoms. The van der Waals surface area contributed by atoms with Gasteiger partial charge in [-0.25, -0.2) is 4.98 Å². The molecule has 0 saturated heterocycles. The predicted molar refractivity (Wildman–Crippen MR) is 290 cm³/mol. The van der Waals surface area contributed by atoms with Crippen molar-refractivity contribution in [3.8, 4) is 11.1 Å². The number of nitrogens with zero attached hydrogens (tertiary/aromatic N) is 2. The first-order chi connectivity index (χ1) is 32.9. The zero-order chi connectivity index (χ0) is 44.7. The second-order valence-electron chi connectivity index (χ2n) is 17.4. The Labute approximate surface area is 395 Å². The molecule has 67 heavy (non-hydrogen) atoms. The van der Waals surface area contributed by atoms with E-state index < -0.39 is 12.7 Å². The van der Waals surface area contributed by atoms with Crippen LogP contribution in [0, 0.1) is 0 Å². The van der Waals surface area contributed by atoms with E-state index in [0.29, 0.717) is 0 Å². The van der Waals surface area contributed by atoms with E-state index in [9.17, 15) is 0 Å². The van der Waals surface area contributed by atoms with Gasteiger partial charge in [0, 0.05) is 21.3 Å². The van der Waals surface area contributed by atoms with E-state index in [2.05, 4.69) is 208 Å². The van der Waals surface area contributed by atoms with Gasteiger partial charge >= 0.3 is 206 Å². The van der Waals surface area contributed by atoms with Crippen molar-refractivity contribution in [1.82, 2.24) is 9.38 Å². The number of aromatic nitrogens is 2. The molecule has 316 valence electrons. The van der Waals surface area contributed by atoms with Crippen molar-refractivity contribution in [2.24, 2.45) is 0 Å². The van der Waals surface area contributed by atoms with Gasteiger partial charge in [-0.3, -0.25) is 0 Å². The number of imidazole rings is 1. The van der Waals surface area contributed by atoms with Crippen LogP contribution in [0.5, 0.6) is 0 Å². The molecular weight excluding hydrogens is 918 g/mol. The summed E-state index contributed by atoms with van der Waals surface area (Å²) in [6.45, 7) is 0. The third-order valence-electron chi connectivity index (χ3n) is 13.7. The molecule has 3 nitrogen and oxygen atoms in total. The third kappa shape index (κ3) is 6.37. The van der Waals surface area contributed by atoms with Crippen molar-refractivity contribution in [3.63, 3.8) is 0 Å². The van der Waals surface area contributed by atoms with Crippen molar-refractivity contribution in [1.29, 1.82) is 0 Å². The SMILES string of the molecule is O=P(c1ccccc1)(c1ccc2ccccc2c1)c1ccc2nc3c4ccc5ccccc5c4c4ccc(-c5ccc6cc(P(=[Se])(c7ccccc7)c7ccccc7)ccc6c5)cc4n3c2c1. The molecule has 11 aromatic carbocycles. The molecule has 1 unspecified atom stereocenters. The Kier molecular flexibility index (Phi) is 9.43. The van der Waals surface area contributed by atoms with Crippen LogP contribution >= 0.6 is 12.7 Å². The van der Waals surface area contributed by atoms with Crippen molar-refractivity contribution >= 4 is 130 Å². The van der Waals surface area contributed by atoms with E-state index in [1.807, 2.05) is 54.6 Å². The zero-order valence-electron chi connectivity index (χ0n) is 36.2. The van der Waals surface area contributed by atoms with Gasteiger partial charge in [-0.2, -0.15) is 0 Å². The van der Waals surface area contributed by atoms with Gasteiger partial charge in [0.25, 0.3) is 0 Å². The summed E-state index contributed by atoms with van der Waals surface area (Å²) in [5, 5.41) is 16.7. The first-order valence-electron chi connectivity index (χ1n) is 22.6. The van der Waals surface area contributed by atoms with Crippen LogP contribution in [-0.2, 0) is 4.57 Å². The number of fused-ring (bicyclic) bond motifs is 12. The van der Waals surface area contributed by atoms with Gasteiger partial charge in [0.05, 0.1) is 5.52 Å². The van der Waals surface area contributed by atoms with E-state index in [-0.39, 0.29) is 0 Å². The second-order valence-corrected chi connectivity index (χ2v) is 26.4. The van der Waals surface area contributed by atoms with Gasteiger partial charge in [0.15, 0.2) is 7.14 Å². The monoisotopic (exact) mass is 958 g/mol. The van der Waals surface area contributed by atoms with Gasteiger partial charge in [0.2, 0.25) is 0 Å². The Morgan fingerprint density at radius 1 is 0.358 bits per heavy atom. The Bertz CT molecular complexity index is 4180. The molecule has 1 atom stereocenters. The minimum absolute atomic E-state index is 0.774. The van der Waals surface area contributed by atoms with Crippen LogP contribution in [0.3, 0.4) is 0 Å². The number of benzene rings is 11. The second kappa shape index (κ2) is 15.7. The molecule has 0 aliphatic rings. The summed E-state index contributed by atoms with van der Waals surface area (Å²) in [5.74, 6) is 0. The van der Waals surface area contributed by atoms with E-state index in [4.69, 9.17) is 4.98 Å². The van der Waals surface area contributed by atoms with Crippen LogP contribution in [0.4, 0.5) is 0 Å². The Hall–Kier alpha value is -7.15. The van der Waals surface area contributed by atoms with Gasteiger partial charge in [-0.05, 0) is 51.9 Å². The zero-order valence-corrected chi connectivity index (χ0v) is 39.7. The molecule has 0 radical (unpaired) electrons. The van der Waals surface area contributed by atoms with Crippen LogP contribution in [0.2, 0.25) is 0 Å². The van der Waals surface area contributed by atoms with Crippen LogP contribution < -0.4 is 31.8 Å². The first-order valence-corrected chi connectivity index (χ1v) is 28.3. The number of hydrogen-bond acceptors (Lipinski definition) is 2. The van der Waals surface area contributed by atoms with Crippen molar-refractivity contribution < 1.29 is 4.57 Å². The van der Waals surface area contributed by atoms with E-state index in [1.54, 1.807) is 0 Å². The normalized spacial score (nSPS) is 13.0. The maximum absolute atomic E-state index is 16.1. The summed E-state index contributed by atoms with van der Waals surface area (Å²) in [5.41, 5.74) is 3.94. The van der Waals surface area contributed by atoms with Gasteiger partial charge in [-0.1, -0.05) is 97.1 Å². The minimum atomic E-state index is -3.35. The minimum Gasteiger partial charge on any atom is -0.0244 e. The van der Waals surface area contributed by atoms with E-state index >= 15 is 4.57 Å². The topological polar surface area (TPSA) is 34.4 Å². The average Bonchev–Trinajstić information content (AvgIpc) is 3.80. The summed E-state index contributed by atoms with van der Waals surface area (Å²) in [6, 6.07) is 86.3. The molecule has 0 spiro atoms. The Morgan fingerprint density at radius 3 is 1.63 bits per heavy atom. The first kappa shape index (κ1) is 40.2. The molecule has 13 aromatic rings. The van der Waals surface area contributed by atoms with Crippen molar-refractivity contribution in [2.75, 3.05) is 0 Å². The molecule has 0 N–H and O–H groups in total. The van der Waals surface area contributed by atoms with Gasteiger partial charge in [-0.15, -0.1) is 0 Å². The molecule has 0 aliphatic heterocycles. The molecule has 2 heterocycles. The fourth-order valence-corrected chi connectivity index (χ4v) is 17.9. The summed E-state index contributed by atoms with van der Waals surface area (Å²) in [7, 11) is -3.35. The molecule has 0 fully saturated rings. The van der Waals surface area contributed by atoms with Gasteiger partial charge < -0.3 is 4.57 Å². The third-order valence-corrected chi connectivity index (χ3v) is 23.7. The summed E-state index contributed by atoms with van der Waals surface area (Å²) < 4.78 is 18.4. The predicted octanol–water partition coefficient (Wildman–Crippen LogP) is 12.9. The molecule has 0 amide bonds. The Morgan fingerprint density at radius 2 is 0.866 bits per heavy atom. The fourth-order valence-electron chi connectivity index (χ4n) is 10.3. The molecule has 2 aromatic heterocycles. The number of rotatable bonds is 7. The molecular formula is C61H40N2OP2Se. The summed E-state index contributed by atoms with van der Waals surface area (Å²) >= 11 is 3.73.